The molecule has 0 saturated carbocycles. The molecule has 4 unspecified atom stereocenters. The van der Waals surface area contributed by atoms with E-state index in [2.05, 4.69) is 130 Å². The Morgan fingerprint density at radius 1 is 0.647 bits per heavy atom. The monoisotopic (exact) mass is 460 g/mol. The van der Waals surface area contributed by atoms with Gasteiger partial charge in [0.15, 0.2) is 0 Å². The topological polar surface area (TPSA) is 0 Å². The Hall–Kier alpha value is -2.69. The minimum atomic E-state index is -0.164. The van der Waals surface area contributed by atoms with Crippen LogP contribution in [-0.4, -0.2) is 5.66 Å². The Balaban J connectivity index is 1.62. The van der Waals surface area contributed by atoms with Gasteiger partial charge in [0, 0.05) is 5.41 Å². The van der Waals surface area contributed by atoms with Crippen molar-refractivity contribution in [3.05, 3.63) is 137 Å². The van der Waals surface area contributed by atoms with E-state index in [0.717, 1.165) is 8.58 Å². The van der Waals surface area contributed by atoms with Crippen molar-refractivity contribution in [2.75, 3.05) is 0 Å². The van der Waals surface area contributed by atoms with E-state index in [-0.39, 0.29) is 10.8 Å². The van der Waals surface area contributed by atoms with Gasteiger partial charge in [-0.2, -0.15) is 0 Å². The number of rotatable bonds is 4. The molecule has 1 heteroatoms. The van der Waals surface area contributed by atoms with Crippen LogP contribution in [0.2, 0.25) is 0 Å². The van der Waals surface area contributed by atoms with Gasteiger partial charge < -0.3 is 0 Å². The molecule has 0 radical (unpaired) electrons. The van der Waals surface area contributed by atoms with E-state index in [1.165, 1.54) is 28.7 Å². The van der Waals surface area contributed by atoms with Crippen LogP contribution in [0, 0.1) is 5.92 Å². The fourth-order valence-electron chi connectivity index (χ4n) is 7.21. The molecule has 0 nitrogen and oxygen atoms in total. The summed E-state index contributed by atoms with van der Waals surface area (Å²) in [5.41, 5.74) is 8.02. The van der Waals surface area contributed by atoms with E-state index >= 15 is 0 Å². The maximum Gasteiger partial charge on any atom is 0.0490 e. The van der Waals surface area contributed by atoms with Crippen molar-refractivity contribution in [3.8, 4) is 0 Å². The molecule has 0 N–H and O–H groups in total. The van der Waals surface area contributed by atoms with E-state index in [4.69, 9.17) is 0 Å². The van der Waals surface area contributed by atoms with E-state index in [9.17, 15) is 0 Å². The molecule has 0 bridgehead atoms. The summed E-state index contributed by atoms with van der Waals surface area (Å²) in [5, 5.41) is 1.58. The Kier molecular flexibility index (Phi) is 5.27. The summed E-state index contributed by atoms with van der Waals surface area (Å²) >= 11 is 0. The highest BCUT2D eigenvalue weighted by Crippen LogP contribution is 2.63. The smallest absolute Gasteiger partial charge is 0.0490 e. The molecule has 0 spiro atoms. The molecule has 0 amide bonds. The van der Waals surface area contributed by atoms with Gasteiger partial charge in [0.1, 0.15) is 0 Å². The van der Waals surface area contributed by atoms with Gasteiger partial charge in [0.2, 0.25) is 0 Å². The predicted octanol–water partition coefficient (Wildman–Crippen LogP) is 7.81. The molecule has 1 heterocycles. The Morgan fingerprint density at radius 3 is 1.82 bits per heavy atom. The van der Waals surface area contributed by atoms with Crippen LogP contribution in [0.3, 0.4) is 0 Å². The molecule has 1 aliphatic carbocycles. The van der Waals surface area contributed by atoms with Crippen LogP contribution < -0.4 is 5.30 Å². The van der Waals surface area contributed by atoms with Gasteiger partial charge in [0.25, 0.3) is 0 Å². The third-order valence-electron chi connectivity index (χ3n) is 8.73. The molecule has 34 heavy (non-hydrogen) atoms. The lowest BCUT2D eigenvalue weighted by molar-refractivity contribution is 0.238. The molecule has 1 aliphatic heterocycles. The van der Waals surface area contributed by atoms with Gasteiger partial charge in [-0.25, -0.2) is 0 Å². The fourth-order valence-corrected chi connectivity index (χ4v) is 8.85. The zero-order chi connectivity index (χ0) is 23.3. The first kappa shape index (κ1) is 21.8. The third-order valence-corrected chi connectivity index (χ3v) is 10.4. The van der Waals surface area contributed by atoms with Crippen molar-refractivity contribution >= 4 is 13.9 Å². The lowest BCUT2D eigenvalue weighted by Gasteiger charge is -2.44. The summed E-state index contributed by atoms with van der Waals surface area (Å²) < 4.78 is 0. The van der Waals surface area contributed by atoms with E-state index < -0.39 is 0 Å². The average molecular weight is 461 g/mol. The van der Waals surface area contributed by atoms with Crippen molar-refractivity contribution in [2.24, 2.45) is 5.92 Å². The average Bonchev–Trinajstić information content (AvgIpc) is 3.30. The summed E-state index contributed by atoms with van der Waals surface area (Å²) in [6.07, 6.45) is 1.19. The highest BCUT2D eigenvalue weighted by Gasteiger charge is 2.58. The largest absolute Gasteiger partial charge is 0.0866 e. The molecule has 6 rings (SSSR count). The first-order valence-electron chi connectivity index (χ1n) is 12.6. The van der Waals surface area contributed by atoms with E-state index in [0.29, 0.717) is 17.5 Å². The lowest BCUT2D eigenvalue weighted by atomic mass is 9.58. The van der Waals surface area contributed by atoms with Crippen LogP contribution >= 0.6 is 8.58 Å². The molecule has 4 aromatic carbocycles. The molecule has 2 aliphatic rings. The summed E-state index contributed by atoms with van der Waals surface area (Å²) in [7, 11) is 0.913. The van der Waals surface area contributed by atoms with Gasteiger partial charge >= 0.3 is 0 Å². The maximum absolute atomic E-state index is 2.50. The quantitative estimate of drug-likeness (QED) is 0.273. The minimum absolute atomic E-state index is 0.0582. The summed E-state index contributed by atoms with van der Waals surface area (Å²) in [6.45, 7) is 7.47. The highest BCUT2D eigenvalue weighted by atomic mass is 31.1. The molecule has 170 valence electrons. The number of fused-ring (bicyclic) bond motifs is 2. The Morgan fingerprint density at radius 2 is 1.18 bits per heavy atom. The normalized spacial score (nSPS) is 24.6. The zero-order valence-corrected chi connectivity index (χ0v) is 21.3. The van der Waals surface area contributed by atoms with Crippen LogP contribution in [0.15, 0.2) is 109 Å². The molecular formula is C33H33P. The fraction of sp³-hybridized carbons (Fsp3) is 0.273. The second kappa shape index (κ2) is 8.21. The van der Waals surface area contributed by atoms with Crippen LogP contribution in [-0.2, 0) is 10.8 Å². The molecule has 0 fully saturated rings. The van der Waals surface area contributed by atoms with E-state index in [1.807, 2.05) is 0 Å². The van der Waals surface area contributed by atoms with Gasteiger partial charge in [-0.15, -0.1) is 0 Å². The number of hydrogen-bond acceptors (Lipinski definition) is 0. The van der Waals surface area contributed by atoms with Crippen molar-refractivity contribution < 1.29 is 0 Å². The molecule has 0 saturated heterocycles. The van der Waals surface area contributed by atoms with Crippen LogP contribution in [0.1, 0.15) is 60.9 Å². The standard InChI is InChI=1S/C33H33P/c1-23-27(26-18-10-13-21-30(26)34-23)22-31-32(2,3)28-19-11-12-20-29(28)33(31,24-14-6-4-7-15-24)25-16-8-5-9-17-25/h4-21,23,27,31,34H,22H2,1-3H3. The van der Waals surface area contributed by atoms with Crippen molar-refractivity contribution in [1.29, 1.82) is 0 Å². The molecule has 4 aromatic rings. The molecule has 4 atom stereocenters. The van der Waals surface area contributed by atoms with Crippen LogP contribution in [0.25, 0.3) is 0 Å². The lowest BCUT2D eigenvalue weighted by Crippen LogP contribution is -2.41. The first-order chi connectivity index (χ1) is 16.5. The maximum atomic E-state index is 2.50. The van der Waals surface area contributed by atoms with Crippen molar-refractivity contribution in [2.45, 2.75) is 49.6 Å². The Bertz CT molecular complexity index is 1270. The highest BCUT2D eigenvalue weighted by molar-refractivity contribution is 7.48. The number of hydrogen-bond donors (Lipinski definition) is 0. The summed E-state index contributed by atoms with van der Waals surface area (Å²) in [4.78, 5) is 0. The number of benzene rings is 4. The minimum Gasteiger partial charge on any atom is -0.0866 e. The van der Waals surface area contributed by atoms with Crippen molar-refractivity contribution in [3.63, 3.8) is 0 Å². The van der Waals surface area contributed by atoms with E-state index in [1.54, 1.807) is 10.9 Å². The summed E-state index contributed by atoms with van der Waals surface area (Å²) in [5.74, 6) is 1.05. The zero-order valence-electron chi connectivity index (χ0n) is 20.3. The molecular weight excluding hydrogens is 427 g/mol. The van der Waals surface area contributed by atoms with Gasteiger partial charge in [-0.1, -0.05) is 139 Å². The van der Waals surface area contributed by atoms with Crippen LogP contribution in [0.4, 0.5) is 0 Å². The third kappa shape index (κ3) is 3.08. The first-order valence-corrected chi connectivity index (χ1v) is 13.7. The van der Waals surface area contributed by atoms with Crippen LogP contribution in [0.5, 0.6) is 0 Å². The van der Waals surface area contributed by atoms with Gasteiger partial charge in [-0.3, -0.25) is 0 Å². The Labute approximate surface area is 206 Å². The van der Waals surface area contributed by atoms with Crippen molar-refractivity contribution in [1.82, 2.24) is 0 Å². The second-order valence-corrected chi connectivity index (χ2v) is 12.5. The van der Waals surface area contributed by atoms with Gasteiger partial charge in [-0.05, 0) is 62.5 Å². The van der Waals surface area contributed by atoms with Gasteiger partial charge in [0.05, 0.1) is 0 Å². The molecule has 0 aromatic heterocycles. The summed E-state index contributed by atoms with van der Waals surface area (Å²) in [6, 6.07) is 41.2. The second-order valence-electron chi connectivity index (χ2n) is 10.7. The SMILES string of the molecule is CC1Pc2ccccc2C1CC1C(C)(C)c2ccccc2C1(c1ccccc1)c1ccccc1. The predicted molar refractivity (Wildman–Crippen MR) is 147 cm³/mol.